The molecule has 0 aromatic heterocycles. The number of halogens is 2. The van der Waals surface area contributed by atoms with Crippen molar-refractivity contribution in [2.24, 2.45) is 0 Å². The van der Waals surface area contributed by atoms with E-state index in [0.29, 0.717) is 12.1 Å². The highest BCUT2D eigenvalue weighted by Crippen LogP contribution is 2.20. The number of rotatable bonds is 6. The fourth-order valence-electron chi connectivity index (χ4n) is 1.87. The maximum atomic E-state index is 13.7. The van der Waals surface area contributed by atoms with Gasteiger partial charge in [-0.05, 0) is 26.2 Å². The summed E-state index contributed by atoms with van der Waals surface area (Å²) in [5, 5.41) is 3.04. The van der Waals surface area contributed by atoms with Crippen LogP contribution in [0.15, 0.2) is 18.2 Å². The fraction of sp³-hybridized carbons (Fsp3) is 0.538. The minimum Gasteiger partial charge on any atom is -0.312 e. The molecular formula is C13H20F2N2. The molecule has 0 aliphatic heterocycles. The molecule has 0 aliphatic carbocycles. The lowest BCUT2D eigenvalue weighted by atomic mass is 10.1. The lowest BCUT2D eigenvalue weighted by Gasteiger charge is -2.25. The number of benzene rings is 1. The summed E-state index contributed by atoms with van der Waals surface area (Å²) in [6.07, 6.45) is 0. The van der Waals surface area contributed by atoms with E-state index in [1.54, 1.807) is 19.2 Å². The van der Waals surface area contributed by atoms with Crippen molar-refractivity contribution >= 4 is 0 Å². The zero-order chi connectivity index (χ0) is 12.8. The Morgan fingerprint density at radius 3 is 2.41 bits per heavy atom. The second-order valence-electron chi connectivity index (χ2n) is 3.97. The number of hydrogen-bond donors (Lipinski definition) is 1. The first kappa shape index (κ1) is 14.1. The smallest absolute Gasteiger partial charge is 0.163 e. The van der Waals surface area contributed by atoms with Crippen molar-refractivity contribution in [1.29, 1.82) is 0 Å². The van der Waals surface area contributed by atoms with Crippen LogP contribution in [0.5, 0.6) is 0 Å². The Balaban J connectivity index is 2.89. The molecular weight excluding hydrogens is 222 g/mol. The Bertz CT molecular complexity index is 351. The van der Waals surface area contributed by atoms with E-state index in [1.165, 1.54) is 0 Å². The van der Waals surface area contributed by atoms with Crippen LogP contribution in [0.25, 0.3) is 0 Å². The molecule has 1 N–H and O–H groups in total. The average Bonchev–Trinajstić information content (AvgIpc) is 2.35. The first-order valence-electron chi connectivity index (χ1n) is 5.97. The maximum Gasteiger partial charge on any atom is 0.163 e. The molecule has 0 spiro atoms. The Labute approximate surface area is 102 Å². The van der Waals surface area contributed by atoms with E-state index in [1.807, 2.05) is 0 Å². The predicted octanol–water partition coefficient (Wildman–Crippen LogP) is 2.57. The normalized spacial score (nSPS) is 13.1. The van der Waals surface area contributed by atoms with Gasteiger partial charge in [-0.15, -0.1) is 0 Å². The predicted molar refractivity (Wildman–Crippen MR) is 65.9 cm³/mol. The van der Waals surface area contributed by atoms with Gasteiger partial charge >= 0.3 is 0 Å². The Kier molecular flexibility index (Phi) is 5.51. The van der Waals surface area contributed by atoms with E-state index < -0.39 is 11.6 Å². The van der Waals surface area contributed by atoms with Gasteiger partial charge in [-0.3, -0.25) is 0 Å². The molecule has 0 amide bonds. The molecule has 0 fully saturated rings. The highest BCUT2D eigenvalue weighted by molar-refractivity contribution is 5.22. The van der Waals surface area contributed by atoms with Gasteiger partial charge in [-0.25, -0.2) is 8.78 Å². The molecule has 1 atom stereocenters. The summed E-state index contributed by atoms with van der Waals surface area (Å²) >= 11 is 0. The van der Waals surface area contributed by atoms with Crippen molar-refractivity contribution in [1.82, 2.24) is 10.2 Å². The summed E-state index contributed by atoms with van der Waals surface area (Å²) in [5.41, 5.74) is 0.388. The lowest BCUT2D eigenvalue weighted by Crippen LogP contribution is -2.34. The summed E-state index contributed by atoms with van der Waals surface area (Å²) in [6.45, 7) is 6.57. The third kappa shape index (κ3) is 3.48. The van der Waals surface area contributed by atoms with E-state index in [9.17, 15) is 8.78 Å². The molecule has 96 valence electrons. The van der Waals surface area contributed by atoms with Gasteiger partial charge in [0.2, 0.25) is 0 Å². The van der Waals surface area contributed by atoms with Gasteiger partial charge in [0.25, 0.3) is 0 Å². The van der Waals surface area contributed by atoms with Gasteiger partial charge in [-0.1, -0.05) is 26.0 Å². The molecule has 1 aromatic carbocycles. The summed E-state index contributed by atoms with van der Waals surface area (Å²) < 4.78 is 26.8. The van der Waals surface area contributed by atoms with E-state index in [-0.39, 0.29) is 6.04 Å². The second-order valence-corrected chi connectivity index (χ2v) is 3.97. The number of hydrogen-bond acceptors (Lipinski definition) is 2. The second kappa shape index (κ2) is 6.67. The van der Waals surface area contributed by atoms with Crippen LogP contribution in [0.2, 0.25) is 0 Å². The van der Waals surface area contributed by atoms with E-state index in [4.69, 9.17) is 0 Å². The highest BCUT2D eigenvalue weighted by atomic mass is 19.2. The Morgan fingerprint density at radius 1 is 1.24 bits per heavy atom. The lowest BCUT2D eigenvalue weighted by molar-refractivity contribution is 0.267. The van der Waals surface area contributed by atoms with Crippen molar-refractivity contribution in [2.75, 3.05) is 26.7 Å². The van der Waals surface area contributed by atoms with Crippen LogP contribution >= 0.6 is 0 Å². The van der Waals surface area contributed by atoms with Crippen molar-refractivity contribution in [3.05, 3.63) is 35.4 Å². The zero-order valence-electron chi connectivity index (χ0n) is 10.6. The summed E-state index contributed by atoms with van der Waals surface area (Å²) in [4.78, 5) is 2.17. The molecule has 0 saturated carbocycles. The van der Waals surface area contributed by atoms with Gasteiger partial charge in [0, 0.05) is 18.2 Å². The van der Waals surface area contributed by atoms with Gasteiger partial charge in [-0.2, -0.15) is 0 Å². The highest BCUT2D eigenvalue weighted by Gasteiger charge is 2.18. The minimum atomic E-state index is -0.790. The fourth-order valence-corrected chi connectivity index (χ4v) is 1.87. The van der Waals surface area contributed by atoms with E-state index >= 15 is 0 Å². The summed E-state index contributed by atoms with van der Waals surface area (Å²) in [7, 11) is 1.76. The van der Waals surface area contributed by atoms with E-state index in [0.717, 1.165) is 19.2 Å². The molecule has 2 nitrogen and oxygen atoms in total. The van der Waals surface area contributed by atoms with Crippen LogP contribution in [0.3, 0.4) is 0 Å². The van der Waals surface area contributed by atoms with Crippen LogP contribution in [-0.2, 0) is 0 Å². The molecule has 1 rings (SSSR count). The molecule has 0 bridgehead atoms. The topological polar surface area (TPSA) is 15.3 Å². The standard InChI is InChI=1S/C13H20F2N2/c1-4-17(5-2)9-12(16-3)10-7-6-8-11(14)13(10)15/h6-8,12,16H,4-5,9H2,1-3H3. The van der Waals surface area contributed by atoms with Gasteiger partial charge in [0.15, 0.2) is 11.6 Å². The van der Waals surface area contributed by atoms with Gasteiger partial charge in [0.1, 0.15) is 0 Å². The summed E-state index contributed by atoms with van der Waals surface area (Å²) in [6, 6.07) is 4.12. The average molecular weight is 242 g/mol. The third-order valence-electron chi connectivity index (χ3n) is 3.04. The third-order valence-corrected chi connectivity index (χ3v) is 3.04. The molecule has 1 aromatic rings. The Hall–Kier alpha value is -1.00. The first-order chi connectivity index (χ1) is 8.13. The quantitative estimate of drug-likeness (QED) is 0.824. The monoisotopic (exact) mass is 242 g/mol. The molecule has 0 radical (unpaired) electrons. The van der Waals surface area contributed by atoms with E-state index in [2.05, 4.69) is 24.1 Å². The van der Waals surface area contributed by atoms with Crippen LogP contribution in [0.1, 0.15) is 25.5 Å². The van der Waals surface area contributed by atoms with Crippen LogP contribution in [0, 0.1) is 11.6 Å². The van der Waals surface area contributed by atoms with Crippen molar-refractivity contribution in [2.45, 2.75) is 19.9 Å². The van der Waals surface area contributed by atoms with Gasteiger partial charge < -0.3 is 10.2 Å². The zero-order valence-corrected chi connectivity index (χ0v) is 10.6. The van der Waals surface area contributed by atoms with Gasteiger partial charge in [0.05, 0.1) is 0 Å². The molecule has 0 heterocycles. The molecule has 4 heteroatoms. The molecule has 17 heavy (non-hydrogen) atoms. The Morgan fingerprint density at radius 2 is 1.88 bits per heavy atom. The molecule has 0 saturated heterocycles. The molecule has 0 aliphatic rings. The van der Waals surface area contributed by atoms with Crippen LogP contribution in [-0.4, -0.2) is 31.6 Å². The minimum absolute atomic E-state index is 0.189. The first-order valence-corrected chi connectivity index (χ1v) is 5.97. The maximum absolute atomic E-state index is 13.7. The summed E-state index contributed by atoms with van der Waals surface area (Å²) in [5.74, 6) is -1.54. The van der Waals surface area contributed by atoms with Crippen molar-refractivity contribution < 1.29 is 8.78 Å². The van der Waals surface area contributed by atoms with Crippen LogP contribution in [0.4, 0.5) is 8.78 Å². The van der Waals surface area contributed by atoms with Crippen molar-refractivity contribution in [3.63, 3.8) is 0 Å². The number of nitrogens with zero attached hydrogens (tertiary/aromatic N) is 1. The SMILES string of the molecule is CCN(CC)CC(NC)c1cccc(F)c1F. The number of likely N-dealkylation sites (N-methyl/N-ethyl adjacent to an activating group) is 2. The molecule has 1 unspecified atom stereocenters. The number of nitrogens with one attached hydrogen (secondary N) is 1. The van der Waals surface area contributed by atoms with Crippen molar-refractivity contribution in [3.8, 4) is 0 Å². The van der Waals surface area contributed by atoms with Crippen LogP contribution < -0.4 is 5.32 Å². The largest absolute Gasteiger partial charge is 0.312 e.